The summed E-state index contributed by atoms with van der Waals surface area (Å²) in [4.78, 5) is 22.3. The summed E-state index contributed by atoms with van der Waals surface area (Å²) < 4.78 is 0. The Bertz CT molecular complexity index is 1260. The van der Waals surface area contributed by atoms with E-state index in [1.54, 1.807) is 18.6 Å². The van der Waals surface area contributed by atoms with E-state index in [0.717, 1.165) is 57.1 Å². The van der Waals surface area contributed by atoms with Crippen molar-refractivity contribution in [3.63, 3.8) is 0 Å². The number of nitrogens with one attached hydrogen (secondary N) is 2. The number of hydrogen-bond acceptors (Lipinski definition) is 6. The zero-order chi connectivity index (χ0) is 23.2. The summed E-state index contributed by atoms with van der Waals surface area (Å²) in [7, 11) is 2.03. The van der Waals surface area contributed by atoms with Crippen LogP contribution >= 0.6 is 0 Å². The van der Waals surface area contributed by atoms with Crippen molar-refractivity contribution in [2.24, 2.45) is 0 Å². The van der Waals surface area contributed by atoms with Crippen molar-refractivity contribution in [1.82, 2.24) is 9.97 Å². The maximum atomic E-state index is 11.9. The van der Waals surface area contributed by atoms with Crippen molar-refractivity contribution in [2.75, 3.05) is 22.6 Å². The molecule has 2 aromatic heterocycles. The third-order valence-corrected chi connectivity index (χ3v) is 5.44. The maximum absolute atomic E-state index is 11.9. The molecule has 2 N–H and O–H groups in total. The second-order valence-electron chi connectivity index (χ2n) is 8.06. The van der Waals surface area contributed by atoms with Gasteiger partial charge in [0.05, 0.1) is 0 Å². The molecule has 33 heavy (non-hydrogen) atoms. The van der Waals surface area contributed by atoms with Gasteiger partial charge in [0.1, 0.15) is 0 Å². The summed E-state index contributed by atoms with van der Waals surface area (Å²) in [5, 5.41) is 6.83. The third kappa shape index (κ3) is 5.54. The third-order valence-electron chi connectivity index (χ3n) is 5.44. The molecule has 0 saturated heterocycles. The number of aromatic nitrogens is 2. The molecule has 0 saturated carbocycles. The lowest BCUT2D eigenvalue weighted by Crippen LogP contribution is -2.18. The highest BCUT2D eigenvalue weighted by Gasteiger charge is 2.12. The number of carbonyl (C=O) groups excluding carboxylic acids is 1. The topological polar surface area (TPSA) is 70.2 Å². The molecule has 0 aliphatic carbocycles. The van der Waals surface area contributed by atoms with Gasteiger partial charge < -0.3 is 15.5 Å². The lowest BCUT2D eigenvalue weighted by atomic mass is 10.0. The molecule has 2 heterocycles. The normalized spacial score (nSPS) is 10.5. The fourth-order valence-corrected chi connectivity index (χ4v) is 3.80. The van der Waals surface area contributed by atoms with Gasteiger partial charge in [0, 0.05) is 71.9 Å². The molecule has 0 fully saturated rings. The molecule has 2 aromatic carbocycles. The van der Waals surface area contributed by atoms with Gasteiger partial charge in [-0.25, -0.2) is 0 Å². The molecule has 0 aliphatic heterocycles. The minimum absolute atomic E-state index is 0.596. The molecule has 0 atom stereocenters. The summed E-state index contributed by atoms with van der Waals surface area (Å²) in [5.41, 5.74) is 8.51. The average Bonchev–Trinajstić information content (AvgIpc) is 2.80. The van der Waals surface area contributed by atoms with Crippen molar-refractivity contribution < 1.29 is 4.79 Å². The number of aldehydes is 1. The summed E-state index contributed by atoms with van der Waals surface area (Å²) in [6, 6.07) is 20.0. The highest BCUT2D eigenvalue weighted by atomic mass is 16.1. The quantitative estimate of drug-likeness (QED) is 0.328. The van der Waals surface area contributed by atoms with Crippen LogP contribution in [0.25, 0.3) is 0 Å². The Morgan fingerprint density at radius 2 is 1.58 bits per heavy atom. The van der Waals surface area contributed by atoms with Crippen LogP contribution in [0, 0.1) is 13.8 Å². The highest BCUT2D eigenvalue weighted by Crippen LogP contribution is 2.27. The highest BCUT2D eigenvalue weighted by molar-refractivity contribution is 5.82. The molecule has 0 amide bonds. The molecule has 4 rings (SSSR count). The van der Waals surface area contributed by atoms with Gasteiger partial charge in [0.15, 0.2) is 6.29 Å². The predicted molar refractivity (Wildman–Crippen MR) is 135 cm³/mol. The number of rotatable bonds is 8. The second kappa shape index (κ2) is 9.96. The molecule has 166 valence electrons. The van der Waals surface area contributed by atoms with Crippen molar-refractivity contribution in [3.8, 4) is 0 Å². The first kappa shape index (κ1) is 22.0. The van der Waals surface area contributed by atoms with Gasteiger partial charge in [-0.2, -0.15) is 0 Å². The Morgan fingerprint density at radius 1 is 0.848 bits per heavy atom. The van der Waals surface area contributed by atoms with E-state index in [-0.39, 0.29) is 0 Å². The van der Waals surface area contributed by atoms with E-state index >= 15 is 0 Å². The van der Waals surface area contributed by atoms with Crippen molar-refractivity contribution in [1.29, 1.82) is 0 Å². The SMILES string of the molecule is Cc1cc(Nc2cc(C)c(C=O)c(CN(C)c3cccc(Nc4ccncc4)c3)c2)ccn1. The van der Waals surface area contributed by atoms with Crippen LogP contribution in [0.4, 0.5) is 28.4 Å². The summed E-state index contributed by atoms with van der Waals surface area (Å²) in [5.74, 6) is 0. The fourth-order valence-electron chi connectivity index (χ4n) is 3.80. The molecule has 0 bridgehead atoms. The molecule has 0 unspecified atom stereocenters. The number of hydrogen-bond donors (Lipinski definition) is 2. The molecule has 0 aliphatic rings. The van der Waals surface area contributed by atoms with E-state index in [0.29, 0.717) is 6.54 Å². The van der Waals surface area contributed by atoms with Crippen LogP contribution in [0.3, 0.4) is 0 Å². The number of anilines is 5. The summed E-state index contributed by atoms with van der Waals surface area (Å²) >= 11 is 0. The fraction of sp³-hybridized carbons (Fsp3) is 0.148. The monoisotopic (exact) mass is 437 g/mol. The van der Waals surface area contributed by atoms with Gasteiger partial charge in [0.25, 0.3) is 0 Å². The molecule has 6 nitrogen and oxygen atoms in total. The van der Waals surface area contributed by atoms with Crippen LogP contribution in [0.2, 0.25) is 0 Å². The zero-order valence-corrected chi connectivity index (χ0v) is 19.0. The van der Waals surface area contributed by atoms with E-state index in [4.69, 9.17) is 0 Å². The van der Waals surface area contributed by atoms with Gasteiger partial charge in [-0.05, 0) is 79.6 Å². The van der Waals surface area contributed by atoms with Crippen LogP contribution in [0.5, 0.6) is 0 Å². The van der Waals surface area contributed by atoms with Gasteiger partial charge in [-0.1, -0.05) is 6.07 Å². The standard InChI is InChI=1S/C27H27N5O/c1-19-13-25(31-24-9-12-29-20(2)14-24)15-21(27(19)18-33)17-32(3)26-6-4-5-23(16-26)30-22-7-10-28-11-8-22/h4-16,18H,17H2,1-3H3,(H,28,30)(H,29,31). The van der Waals surface area contributed by atoms with Crippen molar-refractivity contribution in [2.45, 2.75) is 20.4 Å². The lowest BCUT2D eigenvalue weighted by Gasteiger charge is -2.22. The lowest BCUT2D eigenvalue weighted by molar-refractivity contribution is 0.112. The smallest absolute Gasteiger partial charge is 0.150 e. The molecular formula is C27H27N5O. The first-order valence-corrected chi connectivity index (χ1v) is 10.8. The van der Waals surface area contributed by atoms with E-state index in [9.17, 15) is 4.79 Å². The van der Waals surface area contributed by atoms with Crippen LogP contribution in [0.15, 0.2) is 79.3 Å². The Balaban J connectivity index is 1.56. The Kier molecular flexibility index (Phi) is 6.64. The first-order chi connectivity index (χ1) is 16.0. The molecule has 6 heteroatoms. The number of pyridine rings is 2. The van der Waals surface area contributed by atoms with Gasteiger partial charge in [-0.3, -0.25) is 14.8 Å². The van der Waals surface area contributed by atoms with E-state index in [2.05, 4.69) is 37.6 Å². The number of benzene rings is 2. The number of nitrogens with zero attached hydrogens (tertiary/aromatic N) is 3. The largest absolute Gasteiger partial charge is 0.370 e. The minimum atomic E-state index is 0.596. The Labute approximate surface area is 194 Å². The van der Waals surface area contributed by atoms with Crippen LogP contribution < -0.4 is 15.5 Å². The van der Waals surface area contributed by atoms with E-state index in [1.807, 2.05) is 69.4 Å². The van der Waals surface area contributed by atoms with E-state index in [1.165, 1.54) is 0 Å². The summed E-state index contributed by atoms with van der Waals surface area (Å²) in [6.45, 7) is 4.53. The van der Waals surface area contributed by atoms with Crippen LogP contribution in [-0.4, -0.2) is 23.3 Å². The van der Waals surface area contributed by atoms with Gasteiger partial charge in [0.2, 0.25) is 0 Å². The van der Waals surface area contributed by atoms with Crippen molar-refractivity contribution in [3.05, 3.63) is 102 Å². The number of carbonyl (C=O) groups is 1. The zero-order valence-electron chi connectivity index (χ0n) is 19.0. The van der Waals surface area contributed by atoms with Gasteiger partial charge in [-0.15, -0.1) is 0 Å². The van der Waals surface area contributed by atoms with Crippen LogP contribution in [-0.2, 0) is 6.54 Å². The molecule has 0 spiro atoms. The molecular weight excluding hydrogens is 410 g/mol. The first-order valence-electron chi connectivity index (χ1n) is 10.8. The maximum Gasteiger partial charge on any atom is 0.150 e. The molecule has 4 aromatic rings. The van der Waals surface area contributed by atoms with Gasteiger partial charge >= 0.3 is 0 Å². The molecule has 0 radical (unpaired) electrons. The van der Waals surface area contributed by atoms with E-state index < -0.39 is 0 Å². The Hall–Kier alpha value is -4.19. The number of aryl methyl sites for hydroxylation is 2. The Morgan fingerprint density at radius 3 is 2.33 bits per heavy atom. The minimum Gasteiger partial charge on any atom is -0.370 e. The predicted octanol–water partition coefficient (Wildman–Crippen LogP) is 6.03. The van der Waals surface area contributed by atoms with Crippen LogP contribution in [0.1, 0.15) is 27.2 Å². The summed E-state index contributed by atoms with van der Waals surface area (Å²) in [6.07, 6.45) is 6.25. The van der Waals surface area contributed by atoms with Crippen molar-refractivity contribution >= 4 is 34.7 Å². The second-order valence-corrected chi connectivity index (χ2v) is 8.06. The average molecular weight is 438 g/mol.